The van der Waals surface area contributed by atoms with E-state index < -0.39 is 0 Å². The van der Waals surface area contributed by atoms with Crippen molar-refractivity contribution in [3.8, 4) is 11.1 Å². The lowest BCUT2D eigenvalue weighted by Gasteiger charge is -2.23. The number of hydrogen-bond acceptors (Lipinski definition) is 5. The van der Waals surface area contributed by atoms with Crippen molar-refractivity contribution in [1.82, 2.24) is 29.5 Å². The van der Waals surface area contributed by atoms with Crippen LogP contribution < -0.4 is 0 Å². The molecule has 0 amide bonds. The van der Waals surface area contributed by atoms with Gasteiger partial charge in [-0.1, -0.05) is 30.3 Å². The van der Waals surface area contributed by atoms with E-state index in [2.05, 4.69) is 51.1 Å². The Bertz CT molecular complexity index is 997. The highest BCUT2D eigenvalue weighted by molar-refractivity contribution is 5.76. The van der Waals surface area contributed by atoms with Crippen molar-refractivity contribution >= 4 is 5.65 Å². The van der Waals surface area contributed by atoms with Gasteiger partial charge < -0.3 is 0 Å². The zero-order valence-electron chi connectivity index (χ0n) is 14.8. The molecular weight excluding hydrogens is 324 g/mol. The van der Waals surface area contributed by atoms with E-state index in [1.807, 2.05) is 47.4 Å². The monoisotopic (exact) mass is 344 g/mol. The second kappa shape index (κ2) is 7.01. The second-order valence-electron chi connectivity index (χ2n) is 6.38. The van der Waals surface area contributed by atoms with Crippen LogP contribution in [0.3, 0.4) is 0 Å². The topological polar surface area (TPSA) is 59.2 Å². The van der Waals surface area contributed by atoms with Gasteiger partial charge in [0.05, 0.1) is 11.9 Å². The first-order valence-electron chi connectivity index (χ1n) is 8.56. The predicted octanol–water partition coefficient (Wildman–Crippen LogP) is 3.38. The van der Waals surface area contributed by atoms with Crippen molar-refractivity contribution in [2.75, 3.05) is 7.05 Å². The molecule has 0 saturated carbocycles. The van der Waals surface area contributed by atoms with Gasteiger partial charge >= 0.3 is 0 Å². The Balaban J connectivity index is 1.57. The summed E-state index contributed by atoms with van der Waals surface area (Å²) in [7, 11) is 2.08. The van der Waals surface area contributed by atoms with Crippen LogP contribution in [0.5, 0.6) is 0 Å². The van der Waals surface area contributed by atoms with Crippen LogP contribution in [0.1, 0.15) is 24.2 Å². The average molecular weight is 344 g/mol. The Morgan fingerprint density at radius 3 is 2.69 bits per heavy atom. The first-order valence-corrected chi connectivity index (χ1v) is 8.56. The minimum Gasteiger partial charge on any atom is -0.294 e. The zero-order chi connectivity index (χ0) is 17.9. The molecule has 0 aliphatic carbocycles. The van der Waals surface area contributed by atoms with Crippen LogP contribution in [0.2, 0.25) is 0 Å². The van der Waals surface area contributed by atoms with E-state index in [-0.39, 0.29) is 6.04 Å². The summed E-state index contributed by atoms with van der Waals surface area (Å²) >= 11 is 0. The summed E-state index contributed by atoms with van der Waals surface area (Å²) in [6.45, 7) is 2.89. The molecular formula is C20H20N6. The van der Waals surface area contributed by atoms with Gasteiger partial charge in [0.1, 0.15) is 6.33 Å². The van der Waals surface area contributed by atoms with Gasteiger partial charge in [0.25, 0.3) is 0 Å². The van der Waals surface area contributed by atoms with E-state index in [0.717, 1.165) is 34.6 Å². The molecule has 26 heavy (non-hydrogen) atoms. The van der Waals surface area contributed by atoms with Crippen LogP contribution in [-0.2, 0) is 6.54 Å². The molecule has 4 aromatic rings. The molecule has 1 atom stereocenters. The summed E-state index contributed by atoms with van der Waals surface area (Å²) in [6.07, 6.45) is 9.19. The molecule has 3 aromatic heterocycles. The Labute approximate surface area is 152 Å². The van der Waals surface area contributed by atoms with Gasteiger partial charge in [0.2, 0.25) is 0 Å². The number of benzene rings is 1. The normalized spacial score (nSPS) is 12.6. The molecule has 0 radical (unpaired) electrons. The van der Waals surface area contributed by atoms with Crippen LogP contribution >= 0.6 is 0 Å². The number of hydrogen-bond donors (Lipinski definition) is 0. The summed E-state index contributed by atoms with van der Waals surface area (Å²) < 4.78 is 1.85. The maximum Gasteiger partial charge on any atom is 0.162 e. The summed E-state index contributed by atoms with van der Waals surface area (Å²) in [5.41, 5.74) is 5.13. The van der Waals surface area contributed by atoms with Gasteiger partial charge in [-0.2, -0.15) is 5.10 Å². The molecule has 1 aromatic carbocycles. The van der Waals surface area contributed by atoms with Crippen molar-refractivity contribution in [2.45, 2.75) is 19.5 Å². The molecule has 0 fully saturated rings. The van der Waals surface area contributed by atoms with Crippen molar-refractivity contribution in [2.24, 2.45) is 0 Å². The fourth-order valence-corrected chi connectivity index (χ4v) is 3.02. The molecule has 0 spiro atoms. The SMILES string of the molecule is CC(c1ccncn1)N(C)Cc1cnc2c(-c3ccccc3)cnn2c1. The number of nitrogens with zero attached hydrogens (tertiary/aromatic N) is 6. The van der Waals surface area contributed by atoms with Crippen LogP contribution in [0.25, 0.3) is 16.8 Å². The third-order valence-electron chi connectivity index (χ3n) is 4.62. The molecule has 6 nitrogen and oxygen atoms in total. The zero-order valence-corrected chi connectivity index (χ0v) is 14.8. The first-order chi connectivity index (χ1) is 12.7. The predicted molar refractivity (Wildman–Crippen MR) is 100 cm³/mol. The van der Waals surface area contributed by atoms with E-state index in [4.69, 9.17) is 0 Å². The van der Waals surface area contributed by atoms with Gasteiger partial charge in [-0.3, -0.25) is 4.90 Å². The first kappa shape index (κ1) is 16.4. The molecule has 0 N–H and O–H groups in total. The smallest absolute Gasteiger partial charge is 0.162 e. The Kier molecular flexibility index (Phi) is 4.41. The van der Waals surface area contributed by atoms with E-state index in [0.29, 0.717) is 0 Å². The van der Waals surface area contributed by atoms with Gasteiger partial charge in [-0.15, -0.1) is 0 Å². The second-order valence-corrected chi connectivity index (χ2v) is 6.38. The van der Waals surface area contributed by atoms with Crippen molar-refractivity contribution < 1.29 is 0 Å². The average Bonchev–Trinajstić information content (AvgIpc) is 3.12. The minimum atomic E-state index is 0.186. The molecule has 1 unspecified atom stereocenters. The van der Waals surface area contributed by atoms with E-state index in [9.17, 15) is 0 Å². The Morgan fingerprint density at radius 2 is 1.92 bits per heavy atom. The molecule has 0 saturated heterocycles. The highest BCUT2D eigenvalue weighted by atomic mass is 15.2. The fourth-order valence-electron chi connectivity index (χ4n) is 3.02. The standard InChI is InChI=1S/C20H20N6/c1-15(19-8-9-21-14-23-19)25(2)12-16-10-22-20-18(11-24-26(20)13-16)17-6-4-3-5-7-17/h3-11,13-15H,12H2,1-2H3. The third-order valence-corrected chi connectivity index (χ3v) is 4.62. The van der Waals surface area contributed by atoms with Crippen LogP contribution in [-0.4, -0.2) is 36.5 Å². The lowest BCUT2D eigenvalue weighted by molar-refractivity contribution is 0.248. The molecule has 3 heterocycles. The van der Waals surface area contributed by atoms with E-state index in [1.54, 1.807) is 12.5 Å². The maximum atomic E-state index is 4.65. The van der Waals surface area contributed by atoms with Crippen LogP contribution in [0.15, 0.2) is 67.5 Å². The fraction of sp³-hybridized carbons (Fsp3) is 0.200. The van der Waals surface area contributed by atoms with Gasteiger partial charge in [-0.25, -0.2) is 19.5 Å². The summed E-state index contributed by atoms with van der Waals surface area (Å²) in [5.74, 6) is 0. The van der Waals surface area contributed by atoms with E-state index >= 15 is 0 Å². The minimum absolute atomic E-state index is 0.186. The van der Waals surface area contributed by atoms with Crippen LogP contribution in [0, 0.1) is 0 Å². The molecule has 0 bridgehead atoms. The molecule has 0 aliphatic heterocycles. The molecule has 4 rings (SSSR count). The quantitative estimate of drug-likeness (QED) is 0.555. The lowest BCUT2D eigenvalue weighted by atomic mass is 10.1. The molecule has 0 aliphatic rings. The summed E-state index contributed by atoms with van der Waals surface area (Å²) in [5, 5.41) is 4.48. The van der Waals surface area contributed by atoms with E-state index in [1.165, 1.54) is 0 Å². The van der Waals surface area contributed by atoms with Crippen LogP contribution in [0.4, 0.5) is 0 Å². The van der Waals surface area contributed by atoms with Crippen molar-refractivity contribution in [3.05, 3.63) is 78.8 Å². The maximum absolute atomic E-state index is 4.65. The van der Waals surface area contributed by atoms with Gasteiger partial charge in [0.15, 0.2) is 5.65 Å². The lowest BCUT2D eigenvalue weighted by Crippen LogP contribution is -2.23. The Hall–Kier alpha value is -3.12. The number of rotatable bonds is 5. The van der Waals surface area contributed by atoms with Crippen molar-refractivity contribution in [3.63, 3.8) is 0 Å². The number of fused-ring (bicyclic) bond motifs is 1. The van der Waals surface area contributed by atoms with Gasteiger partial charge in [-0.05, 0) is 25.6 Å². The van der Waals surface area contributed by atoms with Crippen molar-refractivity contribution in [1.29, 1.82) is 0 Å². The molecule has 130 valence electrons. The molecule has 6 heteroatoms. The summed E-state index contributed by atoms with van der Waals surface area (Å²) in [6, 6.07) is 12.3. The summed E-state index contributed by atoms with van der Waals surface area (Å²) in [4.78, 5) is 15.2. The third kappa shape index (κ3) is 3.19. The van der Waals surface area contributed by atoms with Gasteiger partial charge in [0, 0.05) is 42.3 Å². The largest absolute Gasteiger partial charge is 0.294 e. The number of aromatic nitrogens is 5. The highest BCUT2D eigenvalue weighted by Gasteiger charge is 2.14. The Morgan fingerprint density at radius 1 is 1.08 bits per heavy atom. The highest BCUT2D eigenvalue weighted by Crippen LogP contribution is 2.23.